The highest BCUT2D eigenvalue weighted by Gasteiger charge is 2.15. The summed E-state index contributed by atoms with van der Waals surface area (Å²) >= 11 is 6.13. The average Bonchev–Trinajstić information content (AvgIpc) is 2.71. The summed E-state index contributed by atoms with van der Waals surface area (Å²) in [6.07, 6.45) is 2.83. The van der Waals surface area contributed by atoms with Gasteiger partial charge in [0.1, 0.15) is 41.2 Å². The number of rotatable bonds is 5. The molecule has 0 fully saturated rings. The number of ether oxygens (including phenoxy) is 1. The first-order chi connectivity index (χ1) is 13.9. The molecule has 0 bridgehead atoms. The summed E-state index contributed by atoms with van der Waals surface area (Å²) in [7, 11) is 0. The number of aryl methyl sites for hydroxylation is 1. The zero-order valence-electron chi connectivity index (χ0n) is 16.2. The van der Waals surface area contributed by atoms with Crippen molar-refractivity contribution in [3.05, 3.63) is 80.6 Å². The van der Waals surface area contributed by atoms with E-state index in [0.29, 0.717) is 11.3 Å². The van der Waals surface area contributed by atoms with Crippen LogP contribution in [0, 0.1) is 18.6 Å². The Morgan fingerprint density at radius 3 is 2.59 bits per heavy atom. The van der Waals surface area contributed by atoms with Crippen LogP contribution < -0.4 is 16.0 Å². The van der Waals surface area contributed by atoms with E-state index < -0.39 is 17.2 Å². The highest BCUT2D eigenvalue weighted by molar-refractivity contribution is 6.31. The highest BCUT2D eigenvalue weighted by atomic mass is 35.5. The van der Waals surface area contributed by atoms with Gasteiger partial charge in [-0.2, -0.15) is 0 Å². The summed E-state index contributed by atoms with van der Waals surface area (Å²) in [5.74, 6) is -1.05. The van der Waals surface area contributed by atoms with Crippen molar-refractivity contribution in [2.45, 2.75) is 33.9 Å². The first-order valence-corrected chi connectivity index (χ1v) is 9.25. The van der Waals surface area contributed by atoms with Crippen LogP contribution in [0.5, 0.6) is 5.75 Å². The SMILES string of the molecule is CC.Cc1cc(OCc2ccc(F)cc2F)c(Cl)c(=O)n1Cc1cncnc1N. The number of nitrogen functional groups attached to an aromatic ring is 1. The highest BCUT2D eigenvalue weighted by Crippen LogP contribution is 2.24. The fourth-order valence-corrected chi connectivity index (χ4v) is 2.68. The summed E-state index contributed by atoms with van der Waals surface area (Å²) in [6.45, 7) is 5.64. The fourth-order valence-electron chi connectivity index (χ4n) is 2.47. The van der Waals surface area contributed by atoms with E-state index in [0.717, 1.165) is 12.1 Å². The maximum atomic E-state index is 13.7. The second-order valence-electron chi connectivity index (χ2n) is 5.81. The van der Waals surface area contributed by atoms with Gasteiger partial charge < -0.3 is 15.0 Å². The van der Waals surface area contributed by atoms with Gasteiger partial charge in [-0.3, -0.25) is 4.79 Å². The van der Waals surface area contributed by atoms with Gasteiger partial charge in [0.25, 0.3) is 5.56 Å². The number of halogens is 3. The Morgan fingerprint density at radius 2 is 1.93 bits per heavy atom. The quantitative estimate of drug-likeness (QED) is 0.668. The Hall–Kier alpha value is -3.00. The molecule has 154 valence electrons. The van der Waals surface area contributed by atoms with Crippen molar-refractivity contribution < 1.29 is 13.5 Å². The molecule has 0 amide bonds. The summed E-state index contributed by atoms with van der Waals surface area (Å²) in [5, 5.41) is -0.154. The average molecular weight is 423 g/mol. The molecule has 2 N–H and O–H groups in total. The zero-order valence-corrected chi connectivity index (χ0v) is 17.0. The van der Waals surface area contributed by atoms with Crippen molar-refractivity contribution >= 4 is 17.4 Å². The molecule has 0 aliphatic heterocycles. The topological polar surface area (TPSA) is 83.0 Å². The van der Waals surface area contributed by atoms with Crippen molar-refractivity contribution in [3.63, 3.8) is 0 Å². The summed E-state index contributed by atoms with van der Waals surface area (Å²) < 4.78 is 33.6. The summed E-state index contributed by atoms with van der Waals surface area (Å²) in [4.78, 5) is 20.4. The molecule has 0 atom stereocenters. The molecule has 29 heavy (non-hydrogen) atoms. The summed E-state index contributed by atoms with van der Waals surface area (Å²) in [6, 6.07) is 4.71. The lowest BCUT2D eigenvalue weighted by molar-refractivity contribution is 0.298. The van der Waals surface area contributed by atoms with Crippen LogP contribution in [0.3, 0.4) is 0 Å². The number of aromatic nitrogens is 3. The first kappa shape index (κ1) is 22.3. The third-order valence-corrected chi connectivity index (χ3v) is 4.31. The van der Waals surface area contributed by atoms with Gasteiger partial charge in [-0.15, -0.1) is 0 Å². The van der Waals surface area contributed by atoms with Crippen molar-refractivity contribution in [1.29, 1.82) is 0 Å². The normalized spacial score (nSPS) is 10.3. The van der Waals surface area contributed by atoms with E-state index in [4.69, 9.17) is 22.1 Å². The van der Waals surface area contributed by atoms with E-state index >= 15 is 0 Å². The smallest absolute Gasteiger partial charge is 0.273 e. The Labute approximate surface area is 171 Å². The van der Waals surface area contributed by atoms with E-state index in [-0.39, 0.29) is 35.3 Å². The molecule has 2 heterocycles. The predicted molar refractivity (Wildman–Crippen MR) is 108 cm³/mol. The van der Waals surface area contributed by atoms with Crippen molar-refractivity contribution in [2.24, 2.45) is 0 Å². The number of benzene rings is 1. The van der Waals surface area contributed by atoms with Gasteiger partial charge in [0, 0.05) is 35.2 Å². The number of nitrogens with two attached hydrogens (primary N) is 1. The van der Waals surface area contributed by atoms with Crippen LogP contribution >= 0.6 is 11.6 Å². The van der Waals surface area contributed by atoms with Crippen LogP contribution in [0.25, 0.3) is 0 Å². The van der Waals surface area contributed by atoms with E-state index in [1.165, 1.54) is 23.2 Å². The molecule has 0 radical (unpaired) electrons. The standard InChI is InChI=1S/C18H15ClF2N4O2.C2H6/c1-10-4-15(27-8-11-2-3-13(20)5-14(11)21)16(19)18(26)25(10)7-12-6-23-9-24-17(12)22;1-2/h2-6,9H,7-8H2,1H3,(H2,22,23,24);1-2H3. The number of nitrogens with zero attached hydrogens (tertiary/aromatic N) is 3. The molecule has 9 heteroatoms. The lowest BCUT2D eigenvalue weighted by Crippen LogP contribution is -2.24. The van der Waals surface area contributed by atoms with Crippen LogP contribution in [-0.4, -0.2) is 14.5 Å². The third kappa shape index (κ3) is 5.29. The fraction of sp³-hybridized carbons (Fsp3) is 0.250. The lowest BCUT2D eigenvalue weighted by Gasteiger charge is -2.15. The van der Waals surface area contributed by atoms with E-state index in [1.54, 1.807) is 13.0 Å². The van der Waals surface area contributed by atoms with Crippen LogP contribution in [0.1, 0.15) is 30.7 Å². The van der Waals surface area contributed by atoms with E-state index in [1.807, 2.05) is 13.8 Å². The molecule has 0 saturated carbocycles. The lowest BCUT2D eigenvalue weighted by atomic mass is 10.2. The maximum Gasteiger partial charge on any atom is 0.273 e. The zero-order chi connectivity index (χ0) is 21.6. The van der Waals surface area contributed by atoms with Crippen LogP contribution in [0.2, 0.25) is 5.02 Å². The molecule has 3 rings (SSSR count). The molecule has 3 aromatic rings. The van der Waals surface area contributed by atoms with Crippen LogP contribution in [0.4, 0.5) is 14.6 Å². The van der Waals surface area contributed by atoms with Gasteiger partial charge in [-0.25, -0.2) is 18.7 Å². The third-order valence-electron chi connectivity index (χ3n) is 3.96. The van der Waals surface area contributed by atoms with Gasteiger partial charge in [0.2, 0.25) is 0 Å². The van der Waals surface area contributed by atoms with Crippen molar-refractivity contribution in [2.75, 3.05) is 5.73 Å². The Balaban J connectivity index is 0.00000145. The second-order valence-corrected chi connectivity index (χ2v) is 6.19. The van der Waals surface area contributed by atoms with Crippen LogP contribution in [-0.2, 0) is 13.2 Å². The predicted octanol–water partition coefficient (Wildman–Crippen LogP) is 4.11. The number of hydrogen-bond acceptors (Lipinski definition) is 5. The largest absolute Gasteiger partial charge is 0.487 e. The minimum absolute atomic E-state index is 0.108. The van der Waals surface area contributed by atoms with Crippen molar-refractivity contribution in [1.82, 2.24) is 14.5 Å². The van der Waals surface area contributed by atoms with Gasteiger partial charge in [-0.05, 0) is 19.1 Å². The van der Waals surface area contributed by atoms with Gasteiger partial charge in [0.05, 0.1) is 6.54 Å². The van der Waals surface area contributed by atoms with E-state index in [9.17, 15) is 13.6 Å². The number of pyridine rings is 1. The Kier molecular flexibility index (Phi) is 7.67. The molecule has 0 aliphatic carbocycles. The van der Waals surface area contributed by atoms with Gasteiger partial charge in [-0.1, -0.05) is 25.4 Å². The molecular formula is C20H21ClF2N4O2. The monoisotopic (exact) mass is 422 g/mol. The molecule has 6 nitrogen and oxygen atoms in total. The van der Waals surface area contributed by atoms with Gasteiger partial charge >= 0.3 is 0 Å². The molecule has 0 spiro atoms. The van der Waals surface area contributed by atoms with Crippen molar-refractivity contribution in [3.8, 4) is 5.75 Å². The van der Waals surface area contributed by atoms with Crippen LogP contribution in [0.15, 0.2) is 41.6 Å². The van der Waals surface area contributed by atoms with E-state index in [2.05, 4.69) is 9.97 Å². The number of hydrogen-bond donors (Lipinski definition) is 1. The molecule has 0 unspecified atom stereocenters. The summed E-state index contributed by atoms with van der Waals surface area (Å²) in [5.41, 5.74) is 6.57. The first-order valence-electron chi connectivity index (χ1n) is 8.88. The second kappa shape index (κ2) is 9.97. The Morgan fingerprint density at radius 1 is 1.21 bits per heavy atom. The molecule has 0 aliphatic rings. The molecule has 2 aromatic heterocycles. The molecular weight excluding hydrogens is 402 g/mol. The minimum atomic E-state index is -0.740. The Bertz CT molecular complexity index is 1060. The maximum absolute atomic E-state index is 13.7. The molecule has 0 saturated heterocycles. The molecule has 1 aromatic carbocycles. The minimum Gasteiger partial charge on any atom is -0.487 e. The number of anilines is 1. The van der Waals surface area contributed by atoms with Gasteiger partial charge in [0.15, 0.2) is 0 Å².